The summed E-state index contributed by atoms with van der Waals surface area (Å²) < 4.78 is 4.59. The Bertz CT molecular complexity index is 8570. The number of benzene rings is 21. The largest absolute Gasteiger partial charge is 0.309 e. The summed E-state index contributed by atoms with van der Waals surface area (Å²) in [7, 11) is 0. The summed E-state index contributed by atoms with van der Waals surface area (Å²) in [5.74, 6) is 0. The minimum absolute atomic E-state index is 0.658. The number of hydrogen-bond acceptors (Lipinski definition) is 4. The van der Waals surface area contributed by atoms with E-state index in [1.165, 1.54) is 131 Å². The van der Waals surface area contributed by atoms with Crippen molar-refractivity contribution < 1.29 is 0 Å². The van der Waals surface area contributed by atoms with Gasteiger partial charge in [0.15, 0.2) is 0 Å². The van der Waals surface area contributed by atoms with Gasteiger partial charge in [0.05, 0.1) is 62.2 Å². The molecule has 0 N–H and O–H groups in total. The Kier molecular flexibility index (Phi) is 16.0. The van der Waals surface area contributed by atoms with Gasteiger partial charge in [0, 0.05) is 61.2 Å². The summed E-state index contributed by atoms with van der Waals surface area (Å²) in [6.45, 7) is 0. The van der Waals surface area contributed by atoms with Crippen LogP contribution in [-0.4, -0.2) is 19.1 Å². The number of rotatable bonds is 10. The molecule has 562 valence electrons. The molecule has 0 aliphatic rings. The highest BCUT2D eigenvalue weighted by Crippen LogP contribution is 2.47. The van der Waals surface area contributed by atoms with Crippen molar-refractivity contribution in [3.05, 3.63) is 424 Å². The predicted octanol–water partition coefficient (Wildman–Crippen LogP) is 30.7. The predicted molar refractivity (Wildman–Crippen MR) is 510 cm³/mol. The van der Waals surface area contributed by atoms with E-state index in [2.05, 4.69) is 384 Å². The van der Waals surface area contributed by atoms with Crippen LogP contribution in [-0.2, 0) is 0 Å². The van der Waals surface area contributed by atoms with E-state index < -0.39 is 0 Å². The molecule has 21 aromatic carbocycles. The van der Waals surface area contributed by atoms with E-state index >= 15 is 0 Å². The van der Waals surface area contributed by atoms with Gasteiger partial charge in [-0.2, -0.15) is 10.5 Å². The lowest BCUT2D eigenvalue weighted by Crippen LogP contribution is -1.93. The first-order chi connectivity index (χ1) is 60.3. The summed E-state index contributed by atoms with van der Waals surface area (Å²) in [5, 5.41) is 45.1. The van der Waals surface area contributed by atoms with Gasteiger partial charge in [0.2, 0.25) is 0 Å². The second-order valence-electron chi connectivity index (χ2n) is 32.2. The molecule has 0 spiro atoms. The van der Waals surface area contributed by atoms with Crippen LogP contribution in [0.3, 0.4) is 0 Å². The van der Waals surface area contributed by atoms with Crippen LogP contribution in [0.15, 0.2) is 413 Å². The first-order valence-corrected chi connectivity index (χ1v) is 41.4. The minimum Gasteiger partial charge on any atom is -0.309 e. The summed E-state index contributed by atoms with van der Waals surface area (Å²) in [4.78, 5) is 9.75. The lowest BCUT2D eigenvalue weighted by atomic mass is 9.87. The summed E-state index contributed by atoms with van der Waals surface area (Å²) in [5.41, 5.74) is 27.3. The zero-order valence-electron chi connectivity index (χ0n) is 65.9. The third-order valence-electron chi connectivity index (χ3n) is 25.2. The van der Waals surface area contributed by atoms with Crippen LogP contribution >= 0.6 is 0 Å². The molecule has 25 aromatic rings. The number of fused-ring (bicyclic) bond motifs is 9. The smallest absolute Gasteiger partial charge is 0.0991 e. The van der Waals surface area contributed by atoms with E-state index in [0.29, 0.717) is 11.1 Å². The van der Waals surface area contributed by atoms with Gasteiger partial charge in [-0.25, -0.2) is 4.98 Å². The molecule has 0 radical (unpaired) electrons. The molecule has 0 atom stereocenters. The van der Waals surface area contributed by atoms with Crippen LogP contribution in [0.2, 0.25) is 0 Å². The molecule has 6 nitrogen and oxygen atoms in total. The molecule has 4 aromatic heterocycles. The van der Waals surface area contributed by atoms with Crippen molar-refractivity contribution >= 4 is 141 Å². The fourth-order valence-corrected chi connectivity index (χ4v) is 19.5. The van der Waals surface area contributed by atoms with E-state index in [9.17, 15) is 10.5 Å². The number of pyridine rings is 2. The second kappa shape index (κ2) is 28.1. The zero-order valence-corrected chi connectivity index (χ0v) is 65.9. The molecule has 4 heterocycles. The van der Waals surface area contributed by atoms with Gasteiger partial charge < -0.3 is 9.13 Å². The van der Waals surface area contributed by atoms with E-state index in [-0.39, 0.29) is 0 Å². The average molecular weight is 1550 g/mol. The Hall–Kier alpha value is -16.6. The first-order valence-electron chi connectivity index (χ1n) is 41.4. The molecular weight excluding hydrogens is 1480 g/mol. The fraction of sp³-hybridized carbons (Fsp3) is 0. The number of hydrogen-bond donors (Lipinski definition) is 0. The van der Waals surface area contributed by atoms with Crippen molar-refractivity contribution in [1.29, 1.82) is 10.5 Å². The SMILES string of the molecule is N#Cc1ccc2c(c1)c1cc(-c3ccc(-c4cc5ccc6cc(-c7ccc(-c8cccc9cccnc89)cc7)cc7ccc(c4)c5c67)c4ccccc34)ccc1n2-c1ccccc1.N#Cc1ccc2c(c1)c1cc(-c3ccc4cc(-c5cc6ccc7cc(-c8cccc(-c9ccccc9)n8)cc8ccc(c5)c6c78)ccc4c3)ccc1n2-c1ccccc1. The van der Waals surface area contributed by atoms with Crippen LogP contribution < -0.4 is 0 Å². The monoisotopic (exact) mass is 1540 g/mol. The quantitative estimate of drug-likeness (QED) is 0.128. The maximum atomic E-state index is 9.85. The van der Waals surface area contributed by atoms with Crippen molar-refractivity contribution in [2.75, 3.05) is 0 Å². The summed E-state index contributed by atoms with van der Waals surface area (Å²) in [6.07, 6.45) is 1.87. The van der Waals surface area contributed by atoms with Gasteiger partial charge in [-0.1, -0.05) is 243 Å². The molecule has 0 bridgehead atoms. The molecule has 0 aliphatic carbocycles. The van der Waals surface area contributed by atoms with Crippen LogP contribution in [0.1, 0.15) is 11.1 Å². The highest BCUT2D eigenvalue weighted by Gasteiger charge is 2.22. The van der Waals surface area contributed by atoms with Crippen molar-refractivity contribution in [2.24, 2.45) is 0 Å². The van der Waals surface area contributed by atoms with Crippen LogP contribution in [0.4, 0.5) is 0 Å². The molecule has 122 heavy (non-hydrogen) atoms. The van der Waals surface area contributed by atoms with E-state index in [4.69, 9.17) is 4.98 Å². The highest BCUT2D eigenvalue weighted by molar-refractivity contribution is 6.27. The summed E-state index contributed by atoms with van der Waals surface area (Å²) >= 11 is 0. The first kappa shape index (κ1) is 69.6. The van der Waals surface area contributed by atoms with Crippen molar-refractivity contribution in [2.45, 2.75) is 0 Å². The van der Waals surface area contributed by atoms with Crippen molar-refractivity contribution in [1.82, 2.24) is 19.1 Å². The van der Waals surface area contributed by atoms with Gasteiger partial charge >= 0.3 is 0 Å². The number of para-hydroxylation sites is 3. The second-order valence-corrected chi connectivity index (χ2v) is 32.2. The number of nitriles is 2. The Morgan fingerprint density at radius 1 is 0.205 bits per heavy atom. The highest BCUT2D eigenvalue weighted by atomic mass is 15.0. The Labute approximate surface area is 702 Å². The molecule has 0 saturated carbocycles. The lowest BCUT2D eigenvalue weighted by Gasteiger charge is -2.16. The van der Waals surface area contributed by atoms with Crippen LogP contribution in [0, 0.1) is 22.7 Å². The zero-order chi connectivity index (χ0) is 80.6. The van der Waals surface area contributed by atoms with E-state index in [0.717, 1.165) is 111 Å². The van der Waals surface area contributed by atoms with Gasteiger partial charge in [-0.15, -0.1) is 0 Å². The Balaban J connectivity index is 0.000000138. The summed E-state index contributed by atoms with van der Waals surface area (Å²) in [6, 6.07) is 151. The third kappa shape index (κ3) is 11.5. The molecule has 0 saturated heterocycles. The van der Waals surface area contributed by atoms with Crippen LogP contribution in [0.25, 0.3) is 241 Å². The molecule has 25 rings (SSSR count). The van der Waals surface area contributed by atoms with Crippen molar-refractivity contribution in [3.8, 4) is 113 Å². The Morgan fingerprint density at radius 3 is 1.08 bits per heavy atom. The lowest BCUT2D eigenvalue weighted by molar-refractivity contribution is 1.18. The van der Waals surface area contributed by atoms with Gasteiger partial charge in [-0.05, 0) is 311 Å². The van der Waals surface area contributed by atoms with Gasteiger partial charge in [-0.3, -0.25) is 4.98 Å². The topological polar surface area (TPSA) is 83.2 Å². The molecule has 0 fully saturated rings. The molecule has 0 aliphatic heterocycles. The normalized spacial score (nSPS) is 11.8. The number of aromatic nitrogens is 4. The third-order valence-corrected chi connectivity index (χ3v) is 25.2. The molecule has 6 heteroatoms. The van der Waals surface area contributed by atoms with Gasteiger partial charge in [0.25, 0.3) is 0 Å². The van der Waals surface area contributed by atoms with Gasteiger partial charge in [0.1, 0.15) is 0 Å². The molecular formula is C116H68N6. The van der Waals surface area contributed by atoms with E-state index in [1.54, 1.807) is 0 Å². The maximum absolute atomic E-state index is 9.85. The number of nitrogens with zero attached hydrogens (tertiary/aromatic N) is 6. The Morgan fingerprint density at radius 2 is 0.566 bits per heavy atom. The minimum atomic E-state index is 0.658. The van der Waals surface area contributed by atoms with E-state index in [1.807, 2.05) is 54.7 Å². The fourth-order valence-electron chi connectivity index (χ4n) is 19.5. The molecule has 0 unspecified atom stereocenters. The average Bonchev–Trinajstić information content (AvgIpc) is 1.26. The standard InChI is InChI=1S/C60H35N3.C56H33N3/c61-36-37-15-27-56-54(30-37)55-35-41(24-28-57(55)63(56)48-10-2-1-3-11-48)49-25-26-50(53-13-5-4-12-52(49)53)47-33-44-22-20-42-31-46(32-43-21-23-45(34-47)59(44)58(42)43)38-16-18-39(19-17-38)51-14-6-8-40-9-7-29-62-60(40)51;57-34-35-14-24-53-49(26-35)50-33-41(23-25-54(50)59(53)48-10-5-2-6-11-48)39-16-15-38-28-40(18-17-37(38)27-39)46-29-42-19-21-44-31-47(32-45-22-20-43(30-46)55(42)56(44)45)52-13-7-12-51(58-52)36-8-3-1-4-9-36/h1-35H;1-33H. The van der Waals surface area contributed by atoms with Crippen molar-refractivity contribution in [3.63, 3.8) is 0 Å². The maximum Gasteiger partial charge on any atom is 0.0991 e. The molecule has 0 amide bonds. The van der Waals surface area contributed by atoms with Crippen LogP contribution in [0.5, 0.6) is 0 Å².